The Morgan fingerprint density at radius 3 is 2.26 bits per heavy atom. The van der Waals surface area contributed by atoms with Crippen LogP contribution in [0.3, 0.4) is 0 Å². The topological polar surface area (TPSA) is 76.2 Å². The fraction of sp³-hybridized carbons (Fsp3) is 0.467. The van der Waals surface area contributed by atoms with Gasteiger partial charge in [-0.25, -0.2) is 0 Å². The van der Waals surface area contributed by atoms with Gasteiger partial charge in [-0.15, -0.1) is 0 Å². The number of ether oxygens (including phenoxy) is 1. The van der Waals surface area contributed by atoms with E-state index in [4.69, 9.17) is 15.9 Å². The lowest BCUT2D eigenvalue weighted by atomic mass is 9.94. The number of rotatable bonds is 4. The van der Waals surface area contributed by atoms with Crippen molar-refractivity contribution in [1.29, 1.82) is 5.41 Å². The maximum atomic E-state index is 12.1. The normalized spacial score (nSPS) is 12.8. The summed E-state index contributed by atoms with van der Waals surface area (Å²) < 4.78 is 5.35. The molecule has 0 fully saturated rings. The summed E-state index contributed by atoms with van der Waals surface area (Å²) in [6.07, 6.45) is 0.540. The third kappa shape index (κ3) is 4.39. The molecule has 0 spiro atoms. The molecule has 0 bridgehead atoms. The lowest BCUT2D eigenvalue weighted by molar-refractivity contribution is -0.157. The van der Waals surface area contributed by atoms with E-state index in [9.17, 15) is 4.79 Å². The minimum atomic E-state index is -0.539. The van der Waals surface area contributed by atoms with Crippen molar-refractivity contribution < 1.29 is 9.53 Å². The summed E-state index contributed by atoms with van der Waals surface area (Å²) in [5.41, 5.74) is 6.70. The molecule has 104 valence electrons. The summed E-state index contributed by atoms with van der Waals surface area (Å²) in [6, 6.07) is 6.97. The van der Waals surface area contributed by atoms with E-state index in [2.05, 4.69) is 0 Å². The highest BCUT2D eigenvalue weighted by molar-refractivity contribution is 6.10. The molecule has 1 aromatic rings. The summed E-state index contributed by atoms with van der Waals surface area (Å²) in [5.74, 6) is -0.889. The molecule has 4 heteroatoms. The van der Waals surface area contributed by atoms with Gasteiger partial charge in [0, 0.05) is 5.69 Å². The van der Waals surface area contributed by atoms with Gasteiger partial charge in [0.25, 0.3) is 0 Å². The van der Waals surface area contributed by atoms with Crippen LogP contribution in [0.15, 0.2) is 24.3 Å². The number of carbonyl (C=O) groups excluding carboxylic acids is 1. The Morgan fingerprint density at radius 2 is 1.84 bits per heavy atom. The van der Waals surface area contributed by atoms with Crippen LogP contribution in [0.2, 0.25) is 0 Å². The Balaban J connectivity index is 2.88. The van der Waals surface area contributed by atoms with E-state index in [0.29, 0.717) is 17.7 Å². The number of benzene rings is 1. The molecule has 0 heterocycles. The lowest BCUT2D eigenvalue weighted by Gasteiger charge is -2.23. The van der Waals surface area contributed by atoms with E-state index in [-0.39, 0.29) is 11.7 Å². The first-order chi connectivity index (χ1) is 8.74. The van der Waals surface area contributed by atoms with Crippen molar-refractivity contribution in [3.8, 4) is 0 Å². The summed E-state index contributed by atoms with van der Waals surface area (Å²) in [4.78, 5) is 12.1. The standard InChI is InChI=1S/C15H22N2O2/c1-5-12(14(18)19-15(2,3)4)13(17)10-6-8-11(16)9-7-10/h6-9,12,17H,5,16H2,1-4H3. The third-order valence-electron chi connectivity index (χ3n) is 2.67. The zero-order chi connectivity index (χ0) is 14.6. The average Bonchev–Trinajstić information content (AvgIpc) is 2.28. The fourth-order valence-corrected chi connectivity index (χ4v) is 1.73. The largest absolute Gasteiger partial charge is 0.459 e. The van der Waals surface area contributed by atoms with E-state index in [0.717, 1.165) is 0 Å². The molecule has 19 heavy (non-hydrogen) atoms. The van der Waals surface area contributed by atoms with Gasteiger partial charge in [-0.1, -0.05) is 19.1 Å². The Kier molecular flexibility index (Phi) is 4.70. The molecular weight excluding hydrogens is 240 g/mol. The van der Waals surface area contributed by atoms with E-state index >= 15 is 0 Å². The highest BCUT2D eigenvalue weighted by atomic mass is 16.6. The molecule has 0 aliphatic heterocycles. The predicted octanol–water partition coefficient (Wildman–Crippen LogP) is 3.00. The lowest BCUT2D eigenvalue weighted by Crippen LogP contribution is -2.32. The Morgan fingerprint density at radius 1 is 1.32 bits per heavy atom. The number of hydrogen-bond donors (Lipinski definition) is 2. The van der Waals surface area contributed by atoms with E-state index in [1.807, 2.05) is 27.7 Å². The van der Waals surface area contributed by atoms with Crippen molar-refractivity contribution in [1.82, 2.24) is 0 Å². The highest BCUT2D eigenvalue weighted by Gasteiger charge is 2.27. The molecule has 0 aliphatic rings. The second-order valence-electron chi connectivity index (χ2n) is 5.53. The average molecular weight is 262 g/mol. The van der Waals surface area contributed by atoms with Crippen molar-refractivity contribution in [3.63, 3.8) is 0 Å². The van der Waals surface area contributed by atoms with Crippen LogP contribution in [0, 0.1) is 11.3 Å². The minimum absolute atomic E-state index is 0.275. The zero-order valence-electron chi connectivity index (χ0n) is 12.0. The van der Waals surface area contributed by atoms with Crippen molar-refractivity contribution in [3.05, 3.63) is 29.8 Å². The van der Waals surface area contributed by atoms with Crippen LogP contribution in [-0.4, -0.2) is 17.3 Å². The fourth-order valence-electron chi connectivity index (χ4n) is 1.73. The number of nitrogens with two attached hydrogens (primary N) is 1. The molecule has 1 aromatic carbocycles. The second kappa shape index (κ2) is 5.87. The molecular formula is C15H22N2O2. The Bertz CT molecular complexity index is 458. The van der Waals surface area contributed by atoms with Gasteiger partial charge in [0.1, 0.15) is 5.60 Å². The van der Waals surface area contributed by atoms with E-state index in [1.54, 1.807) is 24.3 Å². The minimum Gasteiger partial charge on any atom is -0.459 e. The van der Waals surface area contributed by atoms with Gasteiger partial charge in [-0.05, 0) is 44.9 Å². The van der Waals surface area contributed by atoms with Crippen molar-refractivity contribution in [2.75, 3.05) is 5.73 Å². The maximum absolute atomic E-state index is 12.1. The Labute approximate surface area is 114 Å². The van der Waals surface area contributed by atoms with Crippen LogP contribution in [0.25, 0.3) is 0 Å². The number of carbonyl (C=O) groups is 1. The zero-order valence-corrected chi connectivity index (χ0v) is 12.0. The number of hydrogen-bond acceptors (Lipinski definition) is 4. The third-order valence-corrected chi connectivity index (χ3v) is 2.67. The van der Waals surface area contributed by atoms with Gasteiger partial charge in [0.15, 0.2) is 0 Å². The van der Waals surface area contributed by atoms with Crippen LogP contribution in [-0.2, 0) is 9.53 Å². The molecule has 0 saturated heterocycles. The maximum Gasteiger partial charge on any atom is 0.315 e. The molecule has 0 aliphatic carbocycles. The number of nitrogen functional groups attached to an aromatic ring is 1. The molecule has 0 radical (unpaired) electrons. The van der Waals surface area contributed by atoms with Gasteiger partial charge in [-0.2, -0.15) is 0 Å². The van der Waals surface area contributed by atoms with Gasteiger partial charge >= 0.3 is 5.97 Å². The quantitative estimate of drug-likeness (QED) is 0.497. The van der Waals surface area contributed by atoms with Gasteiger partial charge in [0.2, 0.25) is 0 Å². The van der Waals surface area contributed by atoms with Crippen LogP contribution in [0.1, 0.15) is 39.7 Å². The molecule has 1 rings (SSSR count). The summed E-state index contributed by atoms with van der Waals surface area (Å²) in [6.45, 7) is 7.35. The van der Waals surface area contributed by atoms with Crippen LogP contribution in [0.4, 0.5) is 5.69 Å². The van der Waals surface area contributed by atoms with Gasteiger partial charge in [0.05, 0.1) is 11.6 Å². The van der Waals surface area contributed by atoms with Crippen molar-refractivity contribution >= 4 is 17.4 Å². The first kappa shape index (κ1) is 15.2. The number of anilines is 1. The molecule has 0 amide bonds. The first-order valence-electron chi connectivity index (χ1n) is 6.42. The highest BCUT2D eigenvalue weighted by Crippen LogP contribution is 2.18. The second-order valence-corrected chi connectivity index (χ2v) is 5.53. The molecule has 1 unspecified atom stereocenters. The Hall–Kier alpha value is -1.84. The molecule has 4 nitrogen and oxygen atoms in total. The van der Waals surface area contributed by atoms with E-state index < -0.39 is 11.5 Å². The van der Waals surface area contributed by atoms with Gasteiger partial charge in [-0.3, -0.25) is 4.79 Å². The number of nitrogens with one attached hydrogen (secondary N) is 1. The SMILES string of the molecule is CCC(C(=N)c1ccc(N)cc1)C(=O)OC(C)(C)C. The predicted molar refractivity (Wildman–Crippen MR) is 77.3 cm³/mol. The summed E-state index contributed by atoms with van der Waals surface area (Å²) >= 11 is 0. The van der Waals surface area contributed by atoms with E-state index in [1.165, 1.54) is 0 Å². The monoisotopic (exact) mass is 262 g/mol. The van der Waals surface area contributed by atoms with Crippen molar-refractivity contribution in [2.45, 2.75) is 39.7 Å². The summed E-state index contributed by atoms with van der Waals surface area (Å²) in [7, 11) is 0. The van der Waals surface area contributed by atoms with Crippen molar-refractivity contribution in [2.24, 2.45) is 5.92 Å². The number of esters is 1. The molecule has 1 atom stereocenters. The first-order valence-corrected chi connectivity index (χ1v) is 6.42. The van der Waals surface area contributed by atoms with Crippen LogP contribution < -0.4 is 5.73 Å². The van der Waals surface area contributed by atoms with Crippen LogP contribution in [0.5, 0.6) is 0 Å². The smallest absolute Gasteiger partial charge is 0.315 e. The molecule has 0 saturated carbocycles. The molecule has 0 aromatic heterocycles. The molecule has 3 N–H and O–H groups in total. The summed E-state index contributed by atoms with van der Waals surface area (Å²) in [5, 5.41) is 8.15. The van der Waals surface area contributed by atoms with Gasteiger partial charge < -0.3 is 15.9 Å². The van der Waals surface area contributed by atoms with Crippen LogP contribution >= 0.6 is 0 Å².